The Kier molecular flexibility index (Phi) is 2.51. The van der Waals surface area contributed by atoms with Gasteiger partial charge in [0.2, 0.25) is 0 Å². The summed E-state index contributed by atoms with van der Waals surface area (Å²) in [6.45, 7) is 3.92. The van der Waals surface area contributed by atoms with Crippen molar-refractivity contribution in [2.75, 3.05) is 5.73 Å². The molecular formula is C19H22N4OS. The Morgan fingerprint density at radius 3 is 2.76 bits per heavy atom. The molecule has 130 valence electrons. The first-order valence-electron chi connectivity index (χ1n) is 9.31. The molecule has 3 N–H and O–H groups in total. The number of hydrogen-bond donors (Lipinski definition) is 2. The van der Waals surface area contributed by atoms with Crippen molar-refractivity contribution >= 4 is 33.1 Å². The largest absolute Gasteiger partial charge is 0.397 e. The summed E-state index contributed by atoms with van der Waals surface area (Å²) in [7, 11) is 0. The molecule has 0 radical (unpaired) electrons. The molecule has 0 aromatic carbocycles. The number of nitrogens with two attached hydrogens (primary N) is 1. The average Bonchev–Trinajstić information content (AvgIpc) is 2.90. The summed E-state index contributed by atoms with van der Waals surface area (Å²) in [5, 5.41) is 12.7. The van der Waals surface area contributed by atoms with Crippen LogP contribution in [0.1, 0.15) is 46.6 Å². The SMILES string of the molecule is Cc1nnc2sc(C(=O)NC3C4CC5CC6(C4)CC3C56)c(N)c2c1C. The second-order valence-corrected chi connectivity index (χ2v) is 9.85. The Labute approximate surface area is 150 Å². The number of amides is 1. The van der Waals surface area contributed by atoms with E-state index in [1.807, 2.05) is 13.8 Å². The molecule has 0 aliphatic heterocycles. The van der Waals surface area contributed by atoms with Gasteiger partial charge in [-0.1, -0.05) is 0 Å². The zero-order valence-corrected chi connectivity index (χ0v) is 15.3. The second-order valence-electron chi connectivity index (χ2n) is 8.85. The van der Waals surface area contributed by atoms with Crippen LogP contribution < -0.4 is 11.1 Å². The van der Waals surface area contributed by atoms with Crippen LogP contribution in [0.2, 0.25) is 0 Å². The number of carbonyl (C=O) groups excluding carboxylic acids is 1. The number of anilines is 1. The van der Waals surface area contributed by atoms with Crippen LogP contribution in [0, 0.1) is 42.9 Å². The van der Waals surface area contributed by atoms with E-state index in [2.05, 4.69) is 15.5 Å². The van der Waals surface area contributed by atoms with Crippen LogP contribution in [0.15, 0.2) is 0 Å². The van der Waals surface area contributed by atoms with Gasteiger partial charge in [-0.15, -0.1) is 16.4 Å². The van der Waals surface area contributed by atoms with Gasteiger partial charge in [-0.3, -0.25) is 4.79 Å². The van der Waals surface area contributed by atoms with Crippen molar-refractivity contribution in [2.45, 2.75) is 45.6 Å². The minimum Gasteiger partial charge on any atom is -0.397 e. The number of nitrogens with zero attached hydrogens (tertiary/aromatic N) is 2. The normalized spacial score (nSPS) is 39.8. The molecule has 5 bridgehead atoms. The first kappa shape index (κ1) is 14.5. The first-order chi connectivity index (χ1) is 12.0. The van der Waals surface area contributed by atoms with E-state index in [0.717, 1.165) is 39.2 Å². The summed E-state index contributed by atoms with van der Waals surface area (Å²) in [6.07, 6.45) is 5.45. The molecule has 8 rings (SSSR count). The molecule has 2 heterocycles. The van der Waals surface area contributed by atoms with Crippen molar-refractivity contribution in [3.63, 3.8) is 0 Å². The van der Waals surface area contributed by atoms with Gasteiger partial charge < -0.3 is 11.1 Å². The highest BCUT2D eigenvalue weighted by Gasteiger charge is 2.74. The maximum Gasteiger partial charge on any atom is 0.263 e. The zero-order valence-electron chi connectivity index (χ0n) is 14.5. The van der Waals surface area contributed by atoms with Gasteiger partial charge in [0.15, 0.2) is 0 Å². The quantitative estimate of drug-likeness (QED) is 0.868. The topological polar surface area (TPSA) is 80.9 Å². The maximum absolute atomic E-state index is 13.0. The molecule has 1 amide bonds. The third-order valence-electron chi connectivity index (χ3n) is 7.87. The number of hydrogen-bond acceptors (Lipinski definition) is 5. The molecule has 6 fully saturated rings. The number of thiophene rings is 1. The first-order valence-corrected chi connectivity index (χ1v) is 10.1. The molecule has 6 atom stereocenters. The number of carbonyl (C=O) groups is 1. The van der Waals surface area contributed by atoms with E-state index >= 15 is 0 Å². The third-order valence-corrected chi connectivity index (χ3v) is 8.96. The van der Waals surface area contributed by atoms with Crippen LogP contribution in [0.3, 0.4) is 0 Å². The number of fused-ring (bicyclic) bond motifs is 1. The summed E-state index contributed by atoms with van der Waals surface area (Å²) in [4.78, 5) is 14.4. The van der Waals surface area contributed by atoms with Crippen LogP contribution in [-0.4, -0.2) is 22.1 Å². The number of aryl methyl sites for hydroxylation is 2. The standard InChI is InChI=1S/C19H22N4OS/c1-7-8(2)22-23-18-12(7)14(20)16(25-18)17(24)21-15-10-3-9-4-19(5-10)6-11(15)13(9)19/h9-11,13,15H,3-6,20H2,1-2H3,(H,21,24). The van der Waals surface area contributed by atoms with Crippen molar-refractivity contribution in [3.05, 3.63) is 16.1 Å². The van der Waals surface area contributed by atoms with Gasteiger partial charge in [-0.05, 0) is 74.2 Å². The smallest absolute Gasteiger partial charge is 0.263 e. The van der Waals surface area contributed by atoms with E-state index in [9.17, 15) is 4.79 Å². The molecule has 2 aromatic rings. The van der Waals surface area contributed by atoms with E-state index in [0.29, 0.717) is 27.9 Å². The Bertz CT molecular complexity index is 949. The van der Waals surface area contributed by atoms with Crippen LogP contribution in [0.4, 0.5) is 5.69 Å². The molecule has 5 nitrogen and oxygen atoms in total. The van der Waals surface area contributed by atoms with E-state index in [4.69, 9.17) is 5.73 Å². The highest BCUT2D eigenvalue weighted by Crippen LogP contribution is 2.79. The van der Waals surface area contributed by atoms with Gasteiger partial charge >= 0.3 is 0 Å². The molecule has 25 heavy (non-hydrogen) atoms. The predicted octanol–water partition coefficient (Wildman–Crippen LogP) is 3.05. The fourth-order valence-electron chi connectivity index (χ4n) is 6.94. The van der Waals surface area contributed by atoms with Gasteiger partial charge in [-0.2, -0.15) is 5.10 Å². The Hall–Kier alpha value is -1.69. The van der Waals surface area contributed by atoms with Gasteiger partial charge in [0.05, 0.1) is 11.4 Å². The number of nitrogens with one attached hydrogen (secondary N) is 1. The molecule has 6 aliphatic rings. The molecule has 6 unspecified atom stereocenters. The lowest BCUT2D eigenvalue weighted by molar-refractivity contribution is -0.289. The number of nitrogen functional groups attached to an aromatic ring is 1. The monoisotopic (exact) mass is 354 g/mol. The molecule has 6 saturated carbocycles. The molecule has 2 aromatic heterocycles. The van der Waals surface area contributed by atoms with E-state index in [-0.39, 0.29) is 5.91 Å². The van der Waals surface area contributed by atoms with Crippen molar-refractivity contribution in [1.82, 2.24) is 15.5 Å². The second kappa shape index (κ2) is 4.34. The predicted molar refractivity (Wildman–Crippen MR) is 97.4 cm³/mol. The summed E-state index contributed by atoms with van der Waals surface area (Å²) >= 11 is 1.37. The Balaban J connectivity index is 1.32. The Morgan fingerprint density at radius 2 is 2.04 bits per heavy atom. The van der Waals surface area contributed by atoms with E-state index in [1.54, 1.807) is 0 Å². The van der Waals surface area contributed by atoms with Crippen LogP contribution in [0.5, 0.6) is 0 Å². The molecule has 6 heteroatoms. The average molecular weight is 354 g/mol. The van der Waals surface area contributed by atoms with Crippen LogP contribution in [-0.2, 0) is 0 Å². The maximum atomic E-state index is 13.0. The highest BCUT2D eigenvalue weighted by molar-refractivity contribution is 7.21. The molecule has 0 saturated heterocycles. The fourth-order valence-corrected chi connectivity index (χ4v) is 7.94. The van der Waals surface area contributed by atoms with Crippen LogP contribution in [0.25, 0.3) is 10.2 Å². The lowest BCUT2D eigenvalue weighted by Gasteiger charge is -2.79. The van der Waals surface area contributed by atoms with Gasteiger partial charge in [-0.25, -0.2) is 0 Å². The molecule has 6 aliphatic carbocycles. The third kappa shape index (κ3) is 1.58. The molecule has 1 spiro atoms. The van der Waals surface area contributed by atoms with Crippen molar-refractivity contribution in [1.29, 1.82) is 0 Å². The zero-order chi connectivity index (χ0) is 17.1. The lowest BCUT2D eigenvalue weighted by Crippen LogP contribution is -2.76. The molecular weight excluding hydrogens is 332 g/mol. The minimum absolute atomic E-state index is 0.00951. The van der Waals surface area contributed by atoms with Crippen molar-refractivity contribution in [3.8, 4) is 0 Å². The fraction of sp³-hybridized carbons (Fsp3) is 0.632. The van der Waals surface area contributed by atoms with Crippen molar-refractivity contribution in [2.24, 2.45) is 29.1 Å². The summed E-state index contributed by atoms with van der Waals surface area (Å²) in [5.74, 6) is 3.25. The summed E-state index contributed by atoms with van der Waals surface area (Å²) in [5.41, 5.74) is 9.50. The summed E-state index contributed by atoms with van der Waals surface area (Å²) < 4.78 is 0. The van der Waals surface area contributed by atoms with Gasteiger partial charge in [0.25, 0.3) is 5.91 Å². The minimum atomic E-state index is -0.00951. The lowest BCUT2D eigenvalue weighted by atomic mass is 9.27. The van der Waals surface area contributed by atoms with Crippen LogP contribution >= 0.6 is 11.3 Å². The van der Waals surface area contributed by atoms with Crippen molar-refractivity contribution < 1.29 is 4.79 Å². The Morgan fingerprint density at radius 1 is 1.24 bits per heavy atom. The number of aromatic nitrogens is 2. The van der Waals surface area contributed by atoms with E-state index < -0.39 is 0 Å². The summed E-state index contributed by atoms with van der Waals surface area (Å²) in [6, 6.07) is 0.356. The van der Waals surface area contributed by atoms with E-state index in [1.165, 1.54) is 37.0 Å². The van der Waals surface area contributed by atoms with Gasteiger partial charge in [0, 0.05) is 11.4 Å². The van der Waals surface area contributed by atoms with Gasteiger partial charge in [0.1, 0.15) is 9.71 Å². The number of rotatable bonds is 2. The highest BCUT2D eigenvalue weighted by atomic mass is 32.1.